The molecule has 1 heterocycles. The van der Waals surface area contributed by atoms with Crippen LogP contribution in [0.1, 0.15) is 36.1 Å². The minimum absolute atomic E-state index is 0.353. The van der Waals surface area contributed by atoms with Crippen molar-refractivity contribution in [2.45, 2.75) is 37.6 Å². The first-order valence-electron chi connectivity index (χ1n) is 7.46. The van der Waals surface area contributed by atoms with E-state index in [1.807, 2.05) is 17.8 Å². The van der Waals surface area contributed by atoms with Crippen molar-refractivity contribution in [2.75, 3.05) is 11.1 Å². The summed E-state index contributed by atoms with van der Waals surface area (Å²) in [6, 6.07) is 13.1. The van der Waals surface area contributed by atoms with E-state index < -0.39 is 0 Å². The Kier molecular flexibility index (Phi) is 4.46. The van der Waals surface area contributed by atoms with Gasteiger partial charge in [0.05, 0.1) is 6.04 Å². The first-order valence-corrected chi connectivity index (χ1v) is 8.82. The molecule has 1 nitrogen and oxygen atoms in total. The molecule has 1 atom stereocenters. The molecule has 21 heavy (non-hydrogen) atoms. The number of hydrogen-bond donors (Lipinski definition) is 1. The van der Waals surface area contributed by atoms with Crippen LogP contribution in [0, 0.1) is 6.92 Å². The van der Waals surface area contributed by atoms with Crippen LogP contribution in [0.2, 0.25) is 5.02 Å². The molecule has 0 saturated heterocycles. The number of benzene rings is 2. The van der Waals surface area contributed by atoms with Crippen LogP contribution in [0.15, 0.2) is 41.3 Å². The average molecular weight is 318 g/mol. The number of anilines is 1. The maximum Gasteiger partial charge on any atom is 0.0533 e. The van der Waals surface area contributed by atoms with Crippen molar-refractivity contribution in [1.82, 2.24) is 0 Å². The first kappa shape index (κ1) is 14.8. The molecule has 1 aliphatic rings. The van der Waals surface area contributed by atoms with E-state index in [9.17, 15) is 0 Å². The molecule has 2 aromatic carbocycles. The van der Waals surface area contributed by atoms with Crippen molar-refractivity contribution >= 4 is 29.1 Å². The largest absolute Gasteiger partial charge is 0.378 e. The van der Waals surface area contributed by atoms with Gasteiger partial charge in [0.15, 0.2) is 0 Å². The second kappa shape index (κ2) is 6.33. The average Bonchev–Trinajstić information content (AvgIpc) is 2.49. The third-order valence-electron chi connectivity index (χ3n) is 4.07. The molecule has 0 aliphatic carbocycles. The van der Waals surface area contributed by atoms with Gasteiger partial charge in [0.1, 0.15) is 0 Å². The fourth-order valence-corrected chi connectivity index (χ4v) is 4.21. The highest BCUT2D eigenvalue weighted by atomic mass is 35.5. The van der Waals surface area contributed by atoms with Gasteiger partial charge in [-0.3, -0.25) is 0 Å². The highest BCUT2D eigenvalue weighted by molar-refractivity contribution is 7.99. The summed E-state index contributed by atoms with van der Waals surface area (Å²) < 4.78 is 0. The Morgan fingerprint density at radius 1 is 1.29 bits per heavy atom. The van der Waals surface area contributed by atoms with Crippen molar-refractivity contribution in [3.63, 3.8) is 0 Å². The van der Waals surface area contributed by atoms with Gasteiger partial charge >= 0.3 is 0 Å². The maximum absolute atomic E-state index is 6.20. The molecule has 2 aromatic rings. The van der Waals surface area contributed by atoms with E-state index in [0.29, 0.717) is 6.04 Å². The topological polar surface area (TPSA) is 12.0 Å². The van der Waals surface area contributed by atoms with Crippen LogP contribution < -0.4 is 5.32 Å². The molecule has 3 heteroatoms. The number of thioether (sulfide) groups is 1. The Balaban J connectivity index is 1.96. The summed E-state index contributed by atoms with van der Waals surface area (Å²) in [7, 11) is 0. The van der Waals surface area contributed by atoms with Crippen molar-refractivity contribution in [3.8, 4) is 0 Å². The van der Waals surface area contributed by atoms with E-state index in [0.717, 1.165) is 23.6 Å². The molecule has 0 spiro atoms. The Morgan fingerprint density at radius 2 is 2.14 bits per heavy atom. The summed E-state index contributed by atoms with van der Waals surface area (Å²) in [6.45, 7) is 4.39. The van der Waals surface area contributed by atoms with Gasteiger partial charge in [-0.1, -0.05) is 36.7 Å². The fourth-order valence-electron chi connectivity index (χ4n) is 2.92. The molecule has 0 fully saturated rings. The van der Waals surface area contributed by atoms with Crippen molar-refractivity contribution in [3.05, 3.63) is 58.1 Å². The van der Waals surface area contributed by atoms with Crippen LogP contribution in [0.25, 0.3) is 0 Å². The molecule has 0 aromatic heterocycles. The zero-order chi connectivity index (χ0) is 14.8. The quantitative estimate of drug-likeness (QED) is 0.761. The fraction of sp³-hybridized carbons (Fsp3) is 0.333. The second-order valence-corrected chi connectivity index (χ2v) is 7.05. The zero-order valence-corrected chi connectivity index (χ0v) is 14.0. The molecule has 0 amide bonds. The van der Waals surface area contributed by atoms with E-state index >= 15 is 0 Å². The minimum Gasteiger partial charge on any atom is -0.378 e. The first-order chi connectivity index (χ1) is 10.2. The van der Waals surface area contributed by atoms with Gasteiger partial charge in [0, 0.05) is 21.4 Å². The highest BCUT2D eigenvalue weighted by Gasteiger charge is 2.22. The molecule has 1 aliphatic heterocycles. The Bertz CT molecular complexity index is 654. The van der Waals surface area contributed by atoms with E-state index in [-0.39, 0.29) is 0 Å². The van der Waals surface area contributed by atoms with Gasteiger partial charge in [0.2, 0.25) is 0 Å². The van der Waals surface area contributed by atoms with Crippen molar-refractivity contribution in [1.29, 1.82) is 0 Å². The number of halogens is 1. The lowest BCUT2D eigenvalue weighted by molar-refractivity contribution is 0.726. The van der Waals surface area contributed by atoms with Crippen molar-refractivity contribution in [2.24, 2.45) is 0 Å². The third kappa shape index (κ3) is 3.07. The molecular weight excluding hydrogens is 298 g/mol. The molecule has 1 unspecified atom stereocenters. The molecule has 0 radical (unpaired) electrons. The third-order valence-corrected chi connectivity index (χ3v) is 5.43. The van der Waals surface area contributed by atoms with Gasteiger partial charge < -0.3 is 5.32 Å². The Labute approximate surface area is 136 Å². The van der Waals surface area contributed by atoms with E-state index in [2.05, 4.69) is 49.5 Å². The van der Waals surface area contributed by atoms with E-state index in [1.54, 1.807) is 0 Å². The van der Waals surface area contributed by atoms with Crippen LogP contribution in [0.4, 0.5) is 5.69 Å². The monoisotopic (exact) mass is 317 g/mol. The summed E-state index contributed by atoms with van der Waals surface area (Å²) in [5, 5.41) is 4.60. The number of rotatable bonds is 3. The predicted molar refractivity (Wildman–Crippen MR) is 93.7 cm³/mol. The Hall–Kier alpha value is -1.12. The lowest BCUT2D eigenvalue weighted by atomic mass is 10.0. The summed E-state index contributed by atoms with van der Waals surface area (Å²) in [4.78, 5) is 1.36. The standard InChI is InChI=1S/C18H20ClNS/c1-3-13-6-4-5-12(2)18(13)20-16-9-10-21-17-8-7-14(19)11-15(16)17/h4-8,11,16,20H,3,9-10H2,1-2H3. The van der Waals surface area contributed by atoms with E-state index in [4.69, 9.17) is 11.6 Å². The predicted octanol–water partition coefficient (Wildman–Crippen LogP) is 5.86. The van der Waals surface area contributed by atoms with Crippen LogP contribution in [-0.4, -0.2) is 5.75 Å². The number of fused-ring (bicyclic) bond motifs is 1. The number of hydrogen-bond acceptors (Lipinski definition) is 2. The van der Waals surface area contributed by atoms with Crippen LogP contribution in [0.3, 0.4) is 0 Å². The lowest BCUT2D eigenvalue weighted by Gasteiger charge is -2.28. The van der Waals surface area contributed by atoms with Crippen LogP contribution in [0.5, 0.6) is 0 Å². The van der Waals surface area contributed by atoms with Gasteiger partial charge in [-0.2, -0.15) is 0 Å². The van der Waals surface area contributed by atoms with Gasteiger partial charge in [0.25, 0.3) is 0 Å². The Morgan fingerprint density at radius 3 is 2.95 bits per heavy atom. The zero-order valence-electron chi connectivity index (χ0n) is 12.4. The molecule has 110 valence electrons. The lowest BCUT2D eigenvalue weighted by Crippen LogP contribution is -2.17. The van der Waals surface area contributed by atoms with Gasteiger partial charge in [-0.05, 0) is 54.7 Å². The molecule has 3 rings (SSSR count). The van der Waals surface area contributed by atoms with Crippen molar-refractivity contribution < 1.29 is 0 Å². The van der Waals surface area contributed by atoms with Crippen LogP contribution in [-0.2, 0) is 6.42 Å². The molecule has 0 bridgehead atoms. The summed E-state index contributed by atoms with van der Waals surface area (Å²) >= 11 is 8.12. The SMILES string of the molecule is CCc1cccc(C)c1NC1CCSc2ccc(Cl)cc21. The van der Waals surface area contributed by atoms with E-state index in [1.165, 1.54) is 27.3 Å². The second-order valence-electron chi connectivity index (χ2n) is 5.48. The highest BCUT2D eigenvalue weighted by Crippen LogP contribution is 2.40. The number of nitrogens with one attached hydrogen (secondary N) is 1. The molecular formula is C18H20ClNS. The smallest absolute Gasteiger partial charge is 0.0533 e. The maximum atomic E-state index is 6.20. The molecule has 0 saturated carbocycles. The van der Waals surface area contributed by atoms with Crippen LogP contribution >= 0.6 is 23.4 Å². The normalized spacial score (nSPS) is 17.4. The summed E-state index contributed by atoms with van der Waals surface area (Å²) in [6.07, 6.45) is 2.18. The van der Waals surface area contributed by atoms with Gasteiger partial charge in [-0.25, -0.2) is 0 Å². The summed E-state index contributed by atoms with van der Waals surface area (Å²) in [5.74, 6) is 1.15. The number of aryl methyl sites for hydroxylation is 2. The molecule has 1 N–H and O–H groups in total. The summed E-state index contributed by atoms with van der Waals surface area (Å²) in [5.41, 5.74) is 5.33. The number of para-hydroxylation sites is 1. The van der Waals surface area contributed by atoms with Gasteiger partial charge in [-0.15, -0.1) is 11.8 Å². The minimum atomic E-state index is 0.353.